The third-order valence-electron chi connectivity index (χ3n) is 6.68. The van der Waals surface area contributed by atoms with Crippen LogP contribution in [0.4, 0.5) is 0 Å². The van der Waals surface area contributed by atoms with Gasteiger partial charge < -0.3 is 14.6 Å². The third-order valence-corrected chi connectivity index (χ3v) is 6.68. The van der Waals surface area contributed by atoms with Crippen LogP contribution in [-0.4, -0.2) is 52.9 Å². The Morgan fingerprint density at radius 3 is 2.60 bits per heavy atom. The van der Waals surface area contributed by atoms with E-state index in [2.05, 4.69) is 27.3 Å². The van der Waals surface area contributed by atoms with E-state index in [1.165, 1.54) is 51.4 Å². The molecule has 2 saturated carbocycles. The summed E-state index contributed by atoms with van der Waals surface area (Å²) in [6.45, 7) is 6.84. The quantitative estimate of drug-likeness (QED) is 0.853. The number of hydrogen-bond acceptors (Lipinski definition) is 6. The minimum Gasteiger partial charge on any atom is -0.379 e. The van der Waals surface area contributed by atoms with Gasteiger partial charge in [0.05, 0.1) is 19.8 Å². The number of aromatic nitrogens is 2. The van der Waals surface area contributed by atoms with Crippen LogP contribution in [0, 0.1) is 0 Å². The Hall–Kier alpha value is -0.980. The Morgan fingerprint density at radius 2 is 1.88 bits per heavy atom. The van der Waals surface area contributed by atoms with E-state index >= 15 is 0 Å². The molecule has 0 amide bonds. The van der Waals surface area contributed by atoms with Crippen LogP contribution in [0.1, 0.15) is 75.9 Å². The Balaban J connectivity index is 1.37. The molecule has 6 heteroatoms. The second-order valence-corrected chi connectivity index (χ2v) is 8.04. The summed E-state index contributed by atoms with van der Waals surface area (Å²) in [5.74, 6) is 2.18. The summed E-state index contributed by atoms with van der Waals surface area (Å²) in [5.41, 5.74) is 0.262. The minimum absolute atomic E-state index is 0.262. The zero-order valence-corrected chi connectivity index (χ0v) is 15.5. The fourth-order valence-corrected chi connectivity index (χ4v) is 5.14. The van der Waals surface area contributed by atoms with Crippen molar-refractivity contribution >= 4 is 0 Å². The topological polar surface area (TPSA) is 63.4 Å². The molecule has 0 aromatic carbocycles. The van der Waals surface area contributed by atoms with Crippen LogP contribution < -0.4 is 5.32 Å². The van der Waals surface area contributed by atoms with E-state index in [1.807, 2.05) is 0 Å². The van der Waals surface area contributed by atoms with Crippen LogP contribution in [0.25, 0.3) is 0 Å². The molecule has 3 aliphatic rings. The molecule has 1 aliphatic heterocycles. The average molecular weight is 348 g/mol. The van der Waals surface area contributed by atoms with Crippen molar-refractivity contribution in [2.24, 2.45) is 0 Å². The van der Waals surface area contributed by atoms with Gasteiger partial charge in [-0.25, -0.2) is 0 Å². The van der Waals surface area contributed by atoms with Crippen molar-refractivity contribution in [3.8, 4) is 0 Å². The summed E-state index contributed by atoms with van der Waals surface area (Å²) >= 11 is 0. The standard InChI is InChI=1S/C19H32N4O2/c1-15(19(8-4-5-9-19)23-10-12-24-13-11-23)20-14-17-21-18(22-25-17)16-6-2-3-7-16/h15-16,20H,2-14H2,1H3/t15-/m1/s1. The summed E-state index contributed by atoms with van der Waals surface area (Å²) in [5, 5.41) is 7.93. The van der Waals surface area contributed by atoms with Gasteiger partial charge in [0, 0.05) is 30.6 Å². The van der Waals surface area contributed by atoms with Crippen molar-refractivity contribution in [1.82, 2.24) is 20.4 Å². The molecule has 0 bridgehead atoms. The van der Waals surface area contributed by atoms with Crippen LogP contribution >= 0.6 is 0 Å². The van der Waals surface area contributed by atoms with Crippen molar-refractivity contribution in [3.05, 3.63) is 11.7 Å². The van der Waals surface area contributed by atoms with Crippen LogP contribution in [0.2, 0.25) is 0 Å². The molecule has 25 heavy (non-hydrogen) atoms. The largest absolute Gasteiger partial charge is 0.379 e. The van der Waals surface area contributed by atoms with E-state index in [-0.39, 0.29) is 5.54 Å². The van der Waals surface area contributed by atoms with Crippen LogP contribution in [0.5, 0.6) is 0 Å². The predicted octanol–water partition coefficient (Wildman–Crippen LogP) is 2.85. The van der Waals surface area contributed by atoms with Gasteiger partial charge >= 0.3 is 0 Å². The van der Waals surface area contributed by atoms with Gasteiger partial charge in [-0.2, -0.15) is 4.98 Å². The van der Waals surface area contributed by atoms with Crippen molar-refractivity contribution < 1.29 is 9.26 Å². The maximum atomic E-state index is 5.57. The van der Waals surface area contributed by atoms with E-state index in [0.717, 1.165) is 38.0 Å². The predicted molar refractivity (Wildman–Crippen MR) is 95.4 cm³/mol. The lowest BCUT2D eigenvalue weighted by atomic mass is 9.86. The maximum absolute atomic E-state index is 5.57. The zero-order chi connectivity index (χ0) is 17.1. The highest BCUT2D eigenvalue weighted by atomic mass is 16.5. The molecule has 2 heterocycles. The highest BCUT2D eigenvalue weighted by molar-refractivity contribution is 5.03. The second kappa shape index (κ2) is 7.72. The first-order valence-electron chi connectivity index (χ1n) is 10.2. The van der Waals surface area contributed by atoms with Gasteiger partial charge in [-0.15, -0.1) is 0 Å². The van der Waals surface area contributed by atoms with Crippen LogP contribution in [-0.2, 0) is 11.3 Å². The number of nitrogens with zero attached hydrogens (tertiary/aromatic N) is 3. The fraction of sp³-hybridized carbons (Fsp3) is 0.895. The van der Waals surface area contributed by atoms with Crippen molar-refractivity contribution in [1.29, 1.82) is 0 Å². The number of ether oxygens (including phenoxy) is 1. The molecule has 1 aromatic heterocycles. The van der Waals surface area contributed by atoms with E-state index in [1.54, 1.807) is 0 Å². The summed E-state index contributed by atoms with van der Waals surface area (Å²) in [6.07, 6.45) is 10.2. The van der Waals surface area contributed by atoms with Gasteiger partial charge in [0.2, 0.25) is 5.89 Å². The van der Waals surface area contributed by atoms with Crippen LogP contribution in [0.3, 0.4) is 0 Å². The van der Waals surface area contributed by atoms with Gasteiger partial charge in [-0.05, 0) is 32.6 Å². The lowest BCUT2D eigenvalue weighted by Gasteiger charge is -2.47. The highest BCUT2D eigenvalue weighted by Gasteiger charge is 2.44. The van der Waals surface area contributed by atoms with Crippen LogP contribution in [0.15, 0.2) is 4.52 Å². The number of hydrogen-bond donors (Lipinski definition) is 1. The van der Waals surface area contributed by atoms with E-state index in [4.69, 9.17) is 9.26 Å². The number of nitrogens with one attached hydrogen (secondary N) is 1. The SMILES string of the molecule is C[C@@H](NCc1nc(C2CCCC2)no1)C1(N2CCOCC2)CCCC1. The lowest BCUT2D eigenvalue weighted by molar-refractivity contribution is -0.0337. The van der Waals surface area contributed by atoms with E-state index in [0.29, 0.717) is 18.5 Å². The molecule has 3 fully saturated rings. The van der Waals surface area contributed by atoms with Gasteiger partial charge in [0.15, 0.2) is 5.82 Å². The molecule has 2 aliphatic carbocycles. The normalized spacial score (nSPS) is 26.3. The van der Waals surface area contributed by atoms with Gasteiger partial charge in [0.25, 0.3) is 0 Å². The van der Waals surface area contributed by atoms with Gasteiger partial charge in [0.1, 0.15) is 0 Å². The third kappa shape index (κ3) is 3.62. The second-order valence-electron chi connectivity index (χ2n) is 8.04. The highest BCUT2D eigenvalue weighted by Crippen LogP contribution is 2.38. The lowest BCUT2D eigenvalue weighted by Crippen LogP contribution is -2.61. The molecule has 0 radical (unpaired) electrons. The molecule has 1 N–H and O–H groups in total. The van der Waals surface area contributed by atoms with Gasteiger partial charge in [-0.3, -0.25) is 4.90 Å². The zero-order valence-electron chi connectivity index (χ0n) is 15.5. The summed E-state index contributed by atoms with van der Waals surface area (Å²) in [4.78, 5) is 7.32. The molecular formula is C19H32N4O2. The molecule has 0 spiro atoms. The van der Waals surface area contributed by atoms with Gasteiger partial charge in [-0.1, -0.05) is 30.8 Å². The molecule has 6 nitrogen and oxygen atoms in total. The minimum atomic E-state index is 0.262. The smallest absolute Gasteiger partial charge is 0.240 e. The monoisotopic (exact) mass is 348 g/mol. The molecule has 0 unspecified atom stereocenters. The molecule has 1 atom stereocenters. The molecule has 1 aromatic rings. The van der Waals surface area contributed by atoms with E-state index < -0.39 is 0 Å². The molecule has 4 rings (SSSR count). The first-order valence-corrected chi connectivity index (χ1v) is 10.2. The van der Waals surface area contributed by atoms with Crippen molar-refractivity contribution in [2.75, 3.05) is 26.3 Å². The van der Waals surface area contributed by atoms with Crippen molar-refractivity contribution in [2.45, 2.75) is 82.3 Å². The molecular weight excluding hydrogens is 316 g/mol. The Labute approximate surface area is 150 Å². The Bertz CT molecular complexity index is 543. The first-order chi connectivity index (χ1) is 12.3. The first kappa shape index (κ1) is 17.4. The fourth-order valence-electron chi connectivity index (χ4n) is 5.14. The summed E-state index contributed by atoms with van der Waals surface area (Å²) < 4.78 is 11.1. The van der Waals surface area contributed by atoms with E-state index in [9.17, 15) is 0 Å². The number of rotatable bonds is 6. The maximum Gasteiger partial charge on any atom is 0.240 e. The number of morpholine rings is 1. The molecule has 1 saturated heterocycles. The summed E-state index contributed by atoms with van der Waals surface area (Å²) in [6, 6.07) is 0.412. The van der Waals surface area contributed by atoms with Crippen molar-refractivity contribution in [3.63, 3.8) is 0 Å². The summed E-state index contributed by atoms with van der Waals surface area (Å²) in [7, 11) is 0. The molecule has 140 valence electrons. The Morgan fingerprint density at radius 1 is 1.16 bits per heavy atom. The average Bonchev–Trinajstić information content (AvgIpc) is 3.42. The Kier molecular flexibility index (Phi) is 5.39.